The normalized spacial score (nSPS) is 15.2. The average Bonchev–Trinajstić information content (AvgIpc) is 2.95. The highest BCUT2D eigenvalue weighted by molar-refractivity contribution is 6.36. The number of anilines is 1. The van der Waals surface area contributed by atoms with Gasteiger partial charge in [0, 0.05) is 10.0 Å². The highest BCUT2D eigenvalue weighted by atomic mass is 35.5. The van der Waals surface area contributed by atoms with Crippen LogP contribution in [-0.2, 0) is 4.79 Å². The summed E-state index contributed by atoms with van der Waals surface area (Å²) in [6.45, 7) is 9.00. The van der Waals surface area contributed by atoms with E-state index >= 15 is 0 Å². The molecule has 3 rings (SSSR count). The predicted molar refractivity (Wildman–Crippen MR) is 123 cm³/mol. The number of nitrogens with zero attached hydrogens (tertiary/aromatic N) is 2. The van der Waals surface area contributed by atoms with E-state index in [-0.39, 0.29) is 5.91 Å². The first-order valence-corrected chi connectivity index (χ1v) is 10.5. The molecule has 0 fully saturated rings. The van der Waals surface area contributed by atoms with Gasteiger partial charge in [-0.25, -0.2) is 0 Å². The van der Waals surface area contributed by atoms with Gasteiger partial charge in [0.25, 0.3) is 5.91 Å². The predicted octanol–water partition coefficient (Wildman–Crippen LogP) is 6.23. The second-order valence-corrected chi connectivity index (χ2v) is 8.20. The summed E-state index contributed by atoms with van der Waals surface area (Å²) in [5, 5.41) is 6.57. The van der Waals surface area contributed by atoms with E-state index in [1.807, 2.05) is 25.1 Å². The first-order valence-electron chi connectivity index (χ1n) is 9.76. The van der Waals surface area contributed by atoms with E-state index in [0.717, 1.165) is 5.56 Å². The van der Waals surface area contributed by atoms with Gasteiger partial charge in [0.2, 0.25) is 0 Å². The Balaban J connectivity index is 1.90. The molecule has 1 heterocycles. The van der Waals surface area contributed by atoms with Crippen molar-refractivity contribution in [2.24, 2.45) is 11.0 Å². The topological polar surface area (TPSA) is 51.1 Å². The van der Waals surface area contributed by atoms with Crippen molar-refractivity contribution in [3.63, 3.8) is 0 Å². The molecule has 2 aromatic rings. The van der Waals surface area contributed by atoms with Crippen molar-refractivity contribution in [1.29, 1.82) is 0 Å². The Morgan fingerprint density at radius 1 is 1.07 bits per heavy atom. The van der Waals surface area contributed by atoms with Gasteiger partial charge in [-0.2, -0.15) is 10.1 Å². The lowest BCUT2D eigenvalue weighted by molar-refractivity contribution is -0.114. The van der Waals surface area contributed by atoms with Crippen LogP contribution in [-0.4, -0.2) is 24.8 Å². The quantitative estimate of drug-likeness (QED) is 0.473. The van der Waals surface area contributed by atoms with E-state index in [0.29, 0.717) is 57.6 Å². The summed E-state index contributed by atoms with van der Waals surface area (Å²) in [5.41, 5.74) is 2.44. The van der Waals surface area contributed by atoms with Crippen LogP contribution in [0.5, 0.6) is 11.5 Å². The molecule has 1 aliphatic heterocycles. The van der Waals surface area contributed by atoms with Gasteiger partial charge in [0.15, 0.2) is 11.5 Å². The highest BCUT2D eigenvalue weighted by Crippen LogP contribution is 2.32. The van der Waals surface area contributed by atoms with E-state index in [1.54, 1.807) is 31.2 Å². The summed E-state index contributed by atoms with van der Waals surface area (Å²) in [5.74, 6) is 1.49. The third kappa shape index (κ3) is 5.15. The lowest BCUT2D eigenvalue weighted by atomic mass is 10.1. The molecule has 5 nitrogen and oxygen atoms in total. The molecule has 0 saturated heterocycles. The van der Waals surface area contributed by atoms with Crippen molar-refractivity contribution in [3.8, 4) is 11.5 Å². The van der Waals surface area contributed by atoms with Crippen LogP contribution in [0.4, 0.5) is 5.69 Å². The summed E-state index contributed by atoms with van der Waals surface area (Å²) >= 11 is 12.1. The Hall–Kier alpha value is -2.50. The lowest BCUT2D eigenvalue weighted by Crippen LogP contribution is -2.21. The average molecular weight is 447 g/mol. The van der Waals surface area contributed by atoms with Crippen molar-refractivity contribution >= 4 is 46.6 Å². The van der Waals surface area contributed by atoms with Crippen molar-refractivity contribution in [1.82, 2.24) is 0 Å². The Morgan fingerprint density at radius 3 is 2.40 bits per heavy atom. The third-order valence-electron chi connectivity index (χ3n) is 4.31. The Labute approximate surface area is 186 Å². The summed E-state index contributed by atoms with van der Waals surface area (Å²) in [7, 11) is 0. The fourth-order valence-corrected chi connectivity index (χ4v) is 3.46. The molecule has 0 N–H and O–H groups in total. The highest BCUT2D eigenvalue weighted by Gasteiger charge is 2.29. The van der Waals surface area contributed by atoms with Crippen molar-refractivity contribution in [2.75, 3.05) is 18.2 Å². The molecule has 1 amide bonds. The molecule has 0 atom stereocenters. The zero-order valence-corrected chi connectivity index (χ0v) is 18.9. The maximum Gasteiger partial charge on any atom is 0.280 e. The van der Waals surface area contributed by atoms with Gasteiger partial charge < -0.3 is 9.47 Å². The molecule has 0 spiro atoms. The van der Waals surface area contributed by atoms with E-state index in [4.69, 9.17) is 32.7 Å². The van der Waals surface area contributed by atoms with Crippen LogP contribution in [0.1, 0.15) is 33.3 Å². The number of hydrazone groups is 1. The van der Waals surface area contributed by atoms with Crippen LogP contribution < -0.4 is 14.5 Å². The maximum absolute atomic E-state index is 13.0. The van der Waals surface area contributed by atoms with Gasteiger partial charge in [0.05, 0.1) is 30.2 Å². The molecule has 2 aromatic carbocycles. The number of carbonyl (C=O) groups excluding carboxylic acids is 1. The number of halogens is 2. The molecule has 1 aliphatic rings. The van der Waals surface area contributed by atoms with E-state index in [2.05, 4.69) is 18.9 Å². The second kappa shape index (κ2) is 9.54. The molecule has 0 bridgehead atoms. The molecule has 0 aromatic heterocycles. The Bertz CT molecular complexity index is 995. The lowest BCUT2D eigenvalue weighted by Gasteiger charge is -2.14. The molecule has 7 heteroatoms. The van der Waals surface area contributed by atoms with Crippen LogP contribution in [0, 0.1) is 5.92 Å². The SMILES string of the molecule is CCOc1cc(/C=C2/C(=O)N(c3cc(Cl)cc(Cl)c3)N=C2C)ccc1OCC(C)C. The minimum absolute atomic E-state index is 0.246. The fraction of sp³-hybridized carbons (Fsp3) is 0.304. The summed E-state index contributed by atoms with van der Waals surface area (Å²) in [6.07, 6.45) is 1.79. The summed E-state index contributed by atoms with van der Waals surface area (Å²) < 4.78 is 11.6. The number of hydrogen-bond donors (Lipinski definition) is 0. The molecule has 0 radical (unpaired) electrons. The number of rotatable bonds is 7. The Morgan fingerprint density at radius 2 is 1.77 bits per heavy atom. The number of amides is 1. The fourth-order valence-electron chi connectivity index (χ4n) is 2.95. The monoisotopic (exact) mass is 446 g/mol. The van der Waals surface area contributed by atoms with Crippen LogP contribution in [0.15, 0.2) is 47.1 Å². The van der Waals surface area contributed by atoms with Gasteiger partial charge in [0.1, 0.15) is 0 Å². The number of hydrogen-bond acceptors (Lipinski definition) is 4. The molecule has 0 unspecified atom stereocenters. The number of ether oxygens (including phenoxy) is 2. The first kappa shape index (κ1) is 22.2. The maximum atomic E-state index is 13.0. The molecule has 0 aliphatic carbocycles. The Kier molecular flexibility index (Phi) is 7.06. The van der Waals surface area contributed by atoms with Crippen LogP contribution >= 0.6 is 23.2 Å². The molecule has 0 saturated carbocycles. The molecule has 30 heavy (non-hydrogen) atoms. The van der Waals surface area contributed by atoms with Crippen molar-refractivity contribution in [3.05, 3.63) is 57.6 Å². The van der Waals surface area contributed by atoms with Gasteiger partial charge in [-0.1, -0.05) is 43.1 Å². The smallest absolute Gasteiger partial charge is 0.280 e. The van der Waals surface area contributed by atoms with E-state index in [1.165, 1.54) is 5.01 Å². The standard InChI is InChI=1S/C23H24Cl2N2O3/c1-5-29-22-9-16(6-7-21(22)30-13-14(2)3)8-20-15(4)26-27(23(20)28)19-11-17(24)10-18(25)12-19/h6-12,14H,5,13H2,1-4H3/b20-8+. The largest absolute Gasteiger partial charge is 0.490 e. The first-order chi connectivity index (χ1) is 14.3. The molecular weight excluding hydrogens is 423 g/mol. The number of carbonyl (C=O) groups is 1. The zero-order chi connectivity index (χ0) is 21.8. The van der Waals surface area contributed by atoms with Gasteiger partial charge in [-0.15, -0.1) is 0 Å². The summed E-state index contributed by atoms with van der Waals surface area (Å²) in [4.78, 5) is 13.0. The van der Waals surface area contributed by atoms with Crippen LogP contribution in [0.2, 0.25) is 10.0 Å². The third-order valence-corrected chi connectivity index (χ3v) is 4.74. The van der Waals surface area contributed by atoms with Gasteiger partial charge in [-0.3, -0.25) is 4.79 Å². The van der Waals surface area contributed by atoms with Gasteiger partial charge in [-0.05, 0) is 61.7 Å². The van der Waals surface area contributed by atoms with Gasteiger partial charge >= 0.3 is 0 Å². The molecule has 158 valence electrons. The van der Waals surface area contributed by atoms with Crippen LogP contribution in [0.3, 0.4) is 0 Å². The van der Waals surface area contributed by atoms with Crippen molar-refractivity contribution in [2.45, 2.75) is 27.7 Å². The van der Waals surface area contributed by atoms with Crippen molar-refractivity contribution < 1.29 is 14.3 Å². The zero-order valence-electron chi connectivity index (χ0n) is 17.4. The minimum atomic E-state index is -0.246. The summed E-state index contributed by atoms with van der Waals surface area (Å²) in [6, 6.07) is 10.5. The number of benzene rings is 2. The van der Waals surface area contributed by atoms with E-state index in [9.17, 15) is 4.79 Å². The minimum Gasteiger partial charge on any atom is -0.490 e. The van der Waals surface area contributed by atoms with E-state index < -0.39 is 0 Å². The van der Waals surface area contributed by atoms with Crippen LogP contribution in [0.25, 0.3) is 6.08 Å². The molecular formula is C23H24Cl2N2O3. The second-order valence-electron chi connectivity index (χ2n) is 7.33.